The first-order valence-electron chi connectivity index (χ1n) is 8.86. The van der Waals surface area contributed by atoms with E-state index in [1.54, 1.807) is 0 Å². The Balaban J connectivity index is 1.54. The van der Waals surface area contributed by atoms with E-state index in [1.807, 2.05) is 35.2 Å². The smallest absolute Gasteiger partial charge is 0.326 e. The summed E-state index contributed by atoms with van der Waals surface area (Å²) in [5.74, 6) is -0.597. The molecular formula is C19H24N2O4S. The van der Waals surface area contributed by atoms with Crippen molar-refractivity contribution in [3.8, 4) is 0 Å². The largest absolute Gasteiger partial charge is 0.480 e. The summed E-state index contributed by atoms with van der Waals surface area (Å²) in [5, 5.41) is 9.40. The number of hydrogen-bond donors (Lipinski definition) is 1. The standard InChI is InChI=1S/C19H24N2O4S/c1-14(22)21-13-19(11-16(21)18(24)25)7-9-20(10-8-19)17(23)12-26-15-5-3-2-4-6-15/h2-6,16H,7-13H2,1H3,(H,24,25)/t16-/m0/s1. The lowest BCUT2D eigenvalue weighted by Gasteiger charge is -2.39. The molecule has 2 amide bonds. The Morgan fingerprint density at radius 3 is 2.38 bits per heavy atom. The molecule has 1 N–H and O–H groups in total. The summed E-state index contributed by atoms with van der Waals surface area (Å²) in [4.78, 5) is 40.1. The fraction of sp³-hybridized carbons (Fsp3) is 0.526. The van der Waals surface area contributed by atoms with E-state index in [0.717, 1.165) is 17.7 Å². The maximum atomic E-state index is 12.5. The number of carbonyl (C=O) groups excluding carboxylic acids is 2. The van der Waals surface area contributed by atoms with Gasteiger partial charge in [-0.3, -0.25) is 9.59 Å². The van der Waals surface area contributed by atoms with Crippen LogP contribution in [-0.2, 0) is 14.4 Å². The Bertz CT molecular complexity index is 662. The van der Waals surface area contributed by atoms with Crippen molar-refractivity contribution in [3.05, 3.63) is 30.3 Å². The number of carboxylic acid groups (broad SMARTS) is 1. The number of amides is 2. The molecular weight excluding hydrogens is 352 g/mol. The van der Waals surface area contributed by atoms with Crippen LogP contribution in [-0.4, -0.2) is 64.1 Å². The number of likely N-dealkylation sites (tertiary alicyclic amines) is 2. The van der Waals surface area contributed by atoms with Gasteiger partial charge in [0.1, 0.15) is 6.04 Å². The number of carboxylic acids is 1. The van der Waals surface area contributed by atoms with Crippen LogP contribution in [0.4, 0.5) is 0 Å². The molecule has 1 atom stereocenters. The number of thioether (sulfide) groups is 1. The Morgan fingerprint density at radius 1 is 1.19 bits per heavy atom. The number of hydrogen-bond acceptors (Lipinski definition) is 4. The molecule has 2 saturated heterocycles. The molecule has 2 fully saturated rings. The second-order valence-electron chi connectivity index (χ2n) is 7.19. The molecule has 2 aliphatic rings. The Morgan fingerprint density at radius 2 is 1.85 bits per heavy atom. The maximum Gasteiger partial charge on any atom is 0.326 e. The summed E-state index contributed by atoms with van der Waals surface area (Å²) in [6.07, 6.45) is 1.99. The summed E-state index contributed by atoms with van der Waals surface area (Å²) >= 11 is 1.53. The minimum atomic E-state index is -0.935. The Kier molecular flexibility index (Phi) is 5.55. The van der Waals surface area contributed by atoms with E-state index >= 15 is 0 Å². The van der Waals surface area contributed by atoms with Crippen molar-refractivity contribution >= 4 is 29.5 Å². The first kappa shape index (κ1) is 18.8. The number of aliphatic carboxylic acids is 1. The third kappa shape index (κ3) is 4.03. The van der Waals surface area contributed by atoms with Crippen LogP contribution in [0.3, 0.4) is 0 Å². The van der Waals surface area contributed by atoms with Crippen molar-refractivity contribution in [1.82, 2.24) is 9.80 Å². The van der Waals surface area contributed by atoms with Gasteiger partial charge < -0.3 is 14.9 Å². The number of benzene rings is 1. The van der Waals surface area contributed by atoms with Crippen molar-refractivity contribution in [1.29, 1.82) is 0 Å². The van der Waals surface area contributed by atoms with Crippen LogP contribution in [0.25, 0.3) is 0 Å². The van der Waals surface area contributed by atoms with Gasteiger partial charge in [0.2, 0.25) is 11.8 Å². The number of carbonyl (C=O) groups is 3. The molecule has 0 radical (unpaired) electrons. The quantitative estimate of drug-likeness (QED) is 0.814. The summed E-state index contributed by atoms with van der Waals surface area (Å²) < 4.78 is 0. The molecule has 0 aromatic heterocycles. The predicted molar refractivity (Wildman–Crippen MR) is 98.8 cm³/mol. The van der Waals surface area contributed by atoms with Gasteiger partial charge in [-0.2, -0.15) is 0 Å². The van der Waals surface area contributed by atoms with Gasteiger partial charge in [-0.25, -0.2) is 4.79 Å². The van der Waals surface area contributed by atoms with Crippen LogP contribution in [0, 0.1) is 5.41 Å². The highest BCUT2D eigenvalue weighted by atomic mass is 32.2. The van der Waals surface area contributed by atoms with Crippen LogP contribution < -0.4 is 0 Å². The van der Waals surface area contributed by atoms with Gasteiger partial charge in [-0.15, -0.1) is 11.8 Å². The average molecular weight is 376 g/mol. The molecule has 1 aromatic rings. The summed E-state index contributed by atoms with van der Waals surface area (Å²) in [5.41, 5.74) is -0.169. The first-order chi connectivity index (χ1) is 12.4. The van der Waals surface area contributed by atoms with Crippen LogP contribution in [0.5, 0.6) is 0 Å². The third-order valence-corrected chi connectivity index (χ3v) is 6.48. The fourth-order valence-corrected chi connectivity index (χ4v) is 4.78. The number of rotatable bonds is 4. The fourth-order valence-electron chi connectivity index (χ4n) is 3.95. The highest BCUT2D eigenvalue weighted by Gasteiger charge is 2.49. The van der Waals surface area contributed by atoms with Gasteiger partial charge in [0.05, 0.1) is 5.75 Å². The van der Waals surface area contributed by atoms with Gasteiger partial charge in [0.25, 0.3) is 0 Å². The topological polar surface area (TPSA) is 77.9 Å². The van der Waals surface area contributed by atoms with Crippen LogP contribution in [0.1, 0.15) is 26.2 Å². The molecule has 140 valence electrons. The third-order valence-electron chi connectivity index (χ3n) is 5.48. The van der Waals surface area contributed by atoms with Crippen molar-refractivity contribution < 1.29 is 19.5 Å². The highest BCUT2D eigenvalue weighted by molar-refractivity contribution is 8.00. The van der Waals surface area contributed by atoms with Crippen LogP contribution in [0.15, 0.2) is 35.2 Å². The monoisotopic (exact) mass is 376 g/mol. The van der Waals surface area contributed by atoms with Gasteiger partial charge in [0.15, 0.2) is 0 Å². The average Bonchev–Trinajstić information content (AvgIpc) is 3.01. The first-order valence-corrected chi connectivity index (χ1v) is 9.84. The molecule has 0 saturated carbocycles. The summed E-state index contributed by atoms with van der Waals surface area (Å²) in [6, 6.07) is 9.11. The summed E-state index contributed by atoms with van der Waals surface area (Å²) in [7, 11) is 0. The van der Waals surface area contributed by atoms with E-state index in [2.05, 4.69) is 0 Å². The second-order valence-corrected chi connectivity index (χ2v) is 8.24. The van der Waals surface area contributed by atoms with Crippen molar-refractivity contribution in [2.75, 3.05) is 25.4 Å². The minimum absolute atomic E-state index is 0.116. The predicted octanol–water partition coefficient (Wildman–Crippen LogP) is 2.09. The highest BCUT2D eigenvalue weighted by Crippen LogP contribution is 2.43. The van der Waals surface area contributed by atoms with Gasteiger partial charge in [-0.1, -0.05) is 18.2 Å². The van der Waals surface area contributed by atoms with Gasteiger partial charge in [0, 0.05) is 31.5 Å². The normalized spacial score (nSPS) is 21.8. The summed E-state index contributed by atoms with van der Waals surface area (Å²) in [6.45, 7) is 3.17. The lowest BCUT2D eigenvalue weighted by atomic mass is 9.76. The molecule has 2 heterocycles. The Hall–Kier alpha value is -2.02. The molecule has 0 unspecified atom stereocenters. The molecule has 1 aromatic carbocycles. The van der Waals surface area contributed by atoms with E-state index in [1.165, 1.54) is 23.6 Å². The molecule has 6 nitrogen and oxygen atoms in total. The van der Waals surface area contributed by atoms with Gasteiger partial charge >= 0.3 is 5.97 Å². The van der Waals surface area contributed by atoms with E-state index in [0.29, 0.717) is 31.8 Å². The molecule has 7 heteroatoms. The molecule has 2 aliphatic heterocycles. The molecule has 0 bridgehead atoms. The molecule has 0 aliphatic carbocycles. The lowest BCUT2D eigenvalue weighted by molar-refractivity contribution is -0.147. The second kappa shape index (κ2) is 7.70. The molecule has 3 rings (SSSR count). The van der Waals surface area contributed by atoms with Crippen molar-refractivity contribution in [2.24, 2.45) is 5.41 Å². The zero-order chi connectivity index (χ0) is 18.7. The SMILES string of the molecule is CC(=O)N1CC2(CCN(C(=O)CSc3ccccc3)CC2)C[C@H]1C(=O)O. The number of nitrogens with zero attached hydrogens (tertiary/aromatic N) is 2. The van der Waals surface area contributed by atoms with Crippen LogP contribution in [0.2, 0.25) is 0 Å². The van der Waals surface area contributed by atoms with Crippen molar-refractivity contribution in [3.63, 3.8) is 0 Å². The zero-order valence-electron chi connectivity index (χ0n) is 14.9. The van der Waals surface area contributed by atoms with E-state index < -0.39 is 12.0 Å². The zero-order valence-corrected chi connectivity index (χ0v) is 15.7. The number of piperidine rings is 1. The van der Waals surface area contributed by atoms with E-state index in [-0.39, 0.29) is 17.2 Å². The lowest BCUT2D eigenvalue weighted by Crippen LogP contribution is -2.45. The minimum Gasteiger partial charge on any atom is -0.480 e. The maximum absolute atomic E-state index is 12.5. The van der Waals surface area contributed by atoms with E-state index in [4.69, 9.17) is 0 Å². The molecule has 26 heavy (non-hydrogen) atoms. The van der Waals surface area contributed by atoms with Crippen LogP contribution >= 0.6 is 11.8 Å². The van der Waals surface area contributed by atoms with Gasteiger partial charge in [-0.05, 0) is 36.8 Å². The molecule has 1 spiro atoms. The Labute approximate surface area is 157 Å². The van der Waals surface area contributed by atoms with Crippen molar-refractivity contribution in [2.45, 2.75) is 37.1 Å². The van der Waals surface area contributed by atoms with E-state index in [9.17, 15) is 19.5 Å².